The van der Waals surface area contributed by atoms with E-state index in [2.05, 4.69) is 33.3 Å². The molecule has 0 unspecified atom stereocenters. The molecule has 7 nitrogen and oxygen atoms in total. The second-order valence-electron chi connectivity index (χ2n) is 0.785. The Balaban J connectivity index is -0.0000000189. The molecule has 0 atom stereocenters. The summed E-state index contributed by atoms with van der Waals surface area (Å²) in [5, 5.41) is 8.78. The molecule has 0 aliphatic rings. The molecule has 0 aromatic rings. The number of aliphatic carboxylic acids is 1. The topological polar surface area (TPSA) is 140 Å². The molecule has 18 heavy (non-hydrogen) atoms. The van der Waals surface area contributed by atoms with Crippen LogP contribution in [0.2, 0.25) is 0 Å². The summed E-state index contributed by atoms with van der Waals surface area (Å²) in [6.45, 7) is 22.5. The molecule has 0 aromatic heterocycles. The summed E-state index contributed by atoms with van der Waals surface area (Å²) in [6, 6.07) is 0. The van der Waals surface area contributed by atoms with Crippen molar-refractivity contribution in [3.8, 4) is 0 Å². The van der Waals surface area contributed by atoms with Crippen molar-refractivity contribution in [1.82, 2.24) is 0 Å². The van der Waals surface area contributed by atoms with Gasteiger partial charge in [-0.1, -0.05) is 0 Å². The Morgan fingerprint density at radius 1 is 0.778 bits per heavy atom. The van der Waals surface area contributed by atoms with Gasteiger partial charge in [0.25, 0.3) is 0 Å². The van der Waals surface area contributed by atoms with Gasteiger partial charge in [-0.2, -0.15) is 13.2 Å². The molecule has 0 fully saturated rings. The summed E-state index contributed by atoms with van der Waals surface area (Å²) in [7, 11) is 0. The zero-order valence-corrected chi connectivity index (χ0v) is 9.05. The molecule has 0 rings (SSSR count). The molecule has 11 heteroatoms. The number of alkyl halides is 3. The van der Waals surface area contributed by atoms with Crippen molar-refractivity contribution in [2.75, 3.05) is 0 Å². The maximum absolute atomic E-state index is 10.5. The van der Waals surface area contributed by atoms with Crippen LogP contribution in [-0.4, -0.2) is 12.1 Å². The monoisotopic (exact) mass is 308 g/mol. The van der Waals surface area contributed by atoms with Gasteiger partial charge in [0.15, 0.2) is 0 Å². The number of hydrogen-bond donors (Lipinski definition) is 0. The Labute approximate surface area is 109 Å². The maximum Gasteiger partial charge on any atom is 0 e. The van der Waals surface area contributed by atoms with Crippen LogP contribution in [0.25, 0.3) is 0 Å². The first-order valence-corrected chi connectivity index (χ1v) is 2.25. The summed E-state index contributed by atoms with van der Waals surface area (Å²) in [5.74, 6) is -3.01. The zero-order valence-electron chi connectivity index (χ0n) is 7.87. The second-order valence-corrected chi connectivity index (χ2v) is 0.785. The van der Waals surface area contributed by atoms with Crippen LogP contribution in [0.15, 0.2) is 0 Å². The Morgan fingerprint density at radius 3 is 0.833 bits per heavy atom. The van der Waals surface area contributed by atoms with Crippen molar-refractivity contribution in [3.63, 3.8) is 0 Å². The van der Waals surface area contributed by atoms with Gasteiger partial charge in [-0.25, -0.2) is 0 Å². The smallest absolute Gasteiger partial charge is 0 e. The normalized spacial score (nSPS) is 4.94. The minimum Gasteiger partial charge on any atom is 0 e. The standard InChI is InChI=1S/C2HF3O2.5CO.Mn/c3-2(4,5)1(6)7;5*1-2;/h(H,6,7);;;;;;/p-1. The van der Waals surface area contributed by atoms with Gasteiger partial charge in [-0.3, -0.25) is 0 Å². The first-order valence-electron chi connectivity index (χ1n) is 2.25. The molecular formula is C7F3MnO7-. The average Bonchev–Trinajstić information content (AvgIpc) is 2.40. The van der Waals surface area contributed by atoms with Crippen LogP contribution in [0.4, 0.5) is 13.2 Å². The Bertz CT molecular complexity index is 216. The molecule has 0 amide bonds. The van der Waals surface area contributed by atoms with E-state index in [4.69, 9.17) is 33.2 Å². The number of carboxylic acid groups (broad SMARTS) is 1. The Kier molecular flexibility index (Phi) is 142. The van der Waals surface area contributed by atoms with Gasteiger partial charge in [0.05, 0.1) is 0 Å². The number of carbonyl (C=O) groups is 1. The molecule has 0 heterocycles. The van der Waals surface area contributed by atoms with Crippen LogP contribution >= 0.6 is 0 Å². The summed E-state index contributed by atoms with van der Waals surface area (Å²) in [4.78, 5) is 8.78. The van der Waals surface area contributed by atoms with E-state index >= 15 is 0 Å². The fourth-order valence-electron chi connectivity index (χ4n) is 0. The van der Waals surface area contributed by atoms with E-state index in [0.29, 0.717) is 0 Å². The van der Waals surface area contributed by atoms with Crippen LogP contribution in [0.1, 0.15) is 0 Å². The average molecular weight is 308 g/mol. The quantitative estimate of drug-likeness (QED) is 0.325. The molecule has 0 saturated carbocycles. The molecule has 99 valence electrons. The van der Waals surface area contributed by atoms with E-state index in [-0.39, 0.29) is 17.1 Å². The molecule has 0 spiro atoms. The van der Waals surface area contributed by atoms with Gasteiger partial charge in [0, 0.05) is 17.1 Å². The van der Waals surface area contributed by atoms with Gasteiger partial charge in [0.1, 0.15) is 5.97 Å². The second kappa shape index (κ2) is 58.0. The predicted molar refractivity (Wildman–Crippen MR) is 30.7 cm³/mol. The van der Waals surface area contributed by atoms with Crippen LogP contribution in [0, 0.1) is 33.3 Å². The molecule has 0 saturated heterocycles. The molecule has 0 aromatic carbocycles. The number of rotatable bonds is 0. The minimum atomic E-state index is -5.19. The van der Waals surface area contributed by atoms with Gasteiger partial charge in [-0.15, -0.1) is 0 Å². The van der Waals surface area contributed by atoms with E-state index in [1.807, 2.05) is 0 Å². The summed E-state index contributed by atoms with van der Waals surface area (Å²) in [5.41, 5.74) is 0. The third kappa shape index (κ3) is 131. The van der Waals surface area contributed by atoms with Gasteiger partial charge in [0.2, 0.25) is 0 Å². The summed E-state index contributed by atoms with van der Waals surface area (Å²) < 4.78 is 69.0. The Hall–Kier alpha value is -1.52. The first kappa shape index (κ1) is 43.9. The molecule has 0 bridgehead atoms. The molecular weight excluding hydrogens is 308 g/mol. The minimum absolute atomic E-state index is 0. The van der Waals surface area contributed by atoms with Crippen LogP contribution in [0.3, 0.4) is 0 Å². The molecule has 1 radical (unpaired) electrons. The van der Waals surface area contributed by atoms with Crippen molar-refractivity contribution in [2.24, 2.45) is 0 Å². The zero-order chi connectivity index (χ0) is 16.1. The largest absolute Gasteiger partial charge is 0 e. The predicted octanol–water partition coefficient (Wildman–Crippen LogP) is -0.891. The van der Waals surface area contributed by atoms with Crippen LogP contribution in [0.5, 0.6) is 0 Å². The van der Waals surface area contributed by atoms with E-state index in [0.717, 1.165) is 0 Å². The number of carbonyl (C=O) groups excluding carboxylic acids is 1. The van der Waals surface area contributed by atoms with Crippen molar-refractivity contribution >= 4 is 5.97 Å². The number of halogens is 3. The number of carboxylic acids is 1. The summed E-state index contributed by atoms with van der Waals surface area (Å²) >= 11 is 0. The van der Waals surface area contributed by atoms with Gasteiger partial charge >= 0.3 is 62.7 Å². The summed E-state index contributed by atoms with van der Waals surface area (Å²) in [6.07, 6.45) is -5.19. The van der Waals surface area contributed by atoms with Crippen LogP contribution in [-0.2, 0) is 45.1 Å². The van der Waals surface area contributed by atoms with E-state index in [1.165, 1.54) is 0 Å². The third-order valence-electron chi connectivity index (χ3n) is 0.231. The van der Waals surface area contributed by atoms with E-state index in [1.54, 1.807) is 0 Å². The van der Waals surface area contributed by atoms with Gasteiger partial charge in [-0.05, 0) is 0 Å². The molecule has 0 aliphatic carbocycles. The van der Waals surface area contributed by atoms with Crippen molar-refractivity contribution < 1.29 is 63.4 Å². The SMILES string of the molecule is O=C([O-])C(F)(F)F.[C-]#[O+].[C-]#[O+].[C-]#[O+].[C-]#[O+].[C-]#[O+].[Mn]. The van der Waals surface area contributed by atoms with Crippen molar-refractivity contribution in [2.45, 2.75) is 6.18 Å². The van der Waals surface area contributed by atoms with E-state index in [9.17, 15) is 13.2 Å². The van der Waals surface area contributed by atoms with Gasteiger partial charge < -0.3 is 9.90 Å². The van der Waals surface area contributed by atoms with Crippen molar-refractivity contribution in [3.05, 3.63) is 33.3 Å². The fourth-order valence-corrected chi connectivity index (χ4v) is 0. The molecule has 0 aliphatic heterocycles. The van der Waals surface area contributed by atoms with Crippen molar-refractivity contribution in [1.29, 1.82) is 0 Å². The maximum atomic E-state index is 10.5. The van der Waals surface area contributed by atoms with Crippen LogP contribution < -0.4 is 5.11 Å². The molecule has 0 N–H and O–H groups in total. The van der Waals surface area contributed by atoms with E-state index < -0.39 is 12.1 Å². The third-order valence-corrected chi connectivity index (χ3v) is 0.231. The first-order chi connectivity index (χ1) is 7.94. The Morgan fingerprint density at radius 2 is 0.833 bits per heavy atom. The number of hydrogen-bond acceptors (Lipinski definition) is 2. The fraction of sp³-hybridized carbons (Fsp3) is 0.143.